The first-order valence-corrected chi connectivity index (χ1v) is 5.74. The molecule has 2 atom stereocenters. The second-order valence-corrected chi connectivity index (χ2v) is 4.49. The number of H-pyrrole nitrogens is 1. The van der Waals surface area contributed by atoms with Crippen LogP contribution in [0.2, 0.25) is 0 Å². The van der Waals surface area contributed by atoms with Crippen LogP contribution in [0.25, 0.3) is 11.0 Å². The van der Waals surface area contributed by atoms with E-state index >= 15 is 0 Å². The number of aliphatic hydroxyl groups excluding tert-OH is 1. The number of nitrogen functional groups attached to an aromatic ring is 1. The Morgan fingerprint density at radius 1 is 1.47 bits per heavy atom. The second-order valence-electron chi connectivity index (χ2n) is 4.49. The largest absolute Gasteiger partial charge is 0.399 e. The summed E-state index contributed by atoms with van der Waals surface area (Å²) in [5, 5.41) is 12.5. The van der Waals surface area contributed by atoms with Gasteiger partial charge in [-0.1, -0.05) is 0 Å². The predicted octanol–water partition coefficient (Wildman–Crippen LogP) is 1.72. The van der Waals surface area contributed by atoms with E-state index in [0.29, 0.717) is 18.1 Å². The Labute approximate surface area is 100 Å². The maximum atomic E-state index is 9.29. The highest BCUT2D eigenvalue weighted by Crippen LogP contribution is 2.17. The number of aromatic nitrogens is 2. The summed E-state index contributed by atoms with van der Waals surface area (Å²) in [5.74, 6) is 0.707. The van der Waals surface area contributed by atoms with E-state index in [-0.39, 0.29) is 12.1 Å². The van der Waals surface area contributed by atoms with Crippen molar-refractivity contribution in [2.24, 2.45) is 0 Å². The molecule has 0 spiro atoms. The Balaban J connectivity index is 2.14. The van der Waals surface area contributed by atoms with Crippen molar-refractivity contribution in [3.8, 4) is 0 Å². The molecule has 17 heavy (non-hydrogen) atoms. The van der Waals surface area contributed by atoms with E-state index < -0.39 is 0 Å². The van der Waals surface area contributed by atoms with Crippen LogP contribution in [0.4, 0.5) is 11.6 Å². The fourth-order valence-corrected chi connectivity index (χ4v) is 1.90. The number of anilines is 2. The minimum atomic E-state index is -0.322. The maximum absolute atomic E-state index is 9.29. The molecular formula is C12H18N4O. The van der Waals surface area contributed by atoms with E-state index in [0.717, 1.165) is 11.0 Å². The van der Waals surface area contributed by atoms with E-state index in [1.54, 1.807) is 6.92 Å². The third-order valence-electron chi connectivity index (χ3n) is 2.58. The van der Waals surface area contributed by atoms with Crippen LogP contribution < -0.4 is 11.1 Å². The van der Waals surface area contributed by atoms with Crippen molar-refractivity contribution in [3.63, 3.8) is 0 Å². The molecule has 1 aromatic heterocycles. The predicted molar refractivity (Wildman–Crippen MR) is 69.9 cm³/mol. The summed E-state index contributed by atoms with van der Waals surface area (Å²) in [6.07, 6.45) is 0.358. The lowest BCUT2D eigenvalue weighted by Gasteiger charge is -2.14. The first-order chi connectivity index (χ1) is 8.04. The van der Waals surface area contributed by atoms with E-state index in [4.69, 9.17) is 5.73 Å². The van der Waals surface area contributed by atoms with E-state index in [1.165, 1.54) is 0 Å². The van der Waals surface area contributed by atoms with Gasteiger partial charge in [0.25, 0.3) is 0 Å². The molecule has 2 unspecified atom stereocenters. The summed E-state index contributed by atoms with van der Waals surface area (Å²) in [6, 6.07) is 5.72. The molecule has 0 saturated heterocycles. The molecule has 5 heteroatoms. The van der Waals surface area contributed by atoms with Crippen LogP contribution in [0, 0.1) is 0 Å². The zero-order chi connectivity index (χ0) is 12.4. The Hall–Kier alpha value is -1.75. The average molecular weight is 234 g/mol. The van der Waals surface area contributed by atoms with Crippen molar-refractivity contribution in [1.82, 2.24) is 9.97 Å². The summed E-state index contributed by atoms with van der Waals surface area (Å²) >= 11 is 0. The number of aromatic amines is 1. The Morgan fingerprint density at radius 3 is 2.94 bits per heavy atom. The smallest absolute Gasteiger partial charge is 0.201 e. The molecule has 0 aliphatic heterocycles. The average Bonchev–Trinajstić information content (AvgIpc) is 2.57. The first kappa shape index (κ1) is 11.7. The molecule has 0 aliphatic rings. The number of nitrogens with zero attached hydrogens (tertiary/aromatic N) is 1. The molecule has 0 saturated carbocycles. The van der Waals surface area contributed by atoms with Gasteiger partial charge in [-0.2, -0.15) is 0 Å². The minimum absolute atomic E-state index is 0.160. The fourth-order valence-electron chi connectivity index (χ4n) is 1.90. The summed E-state index contributed by atoms with van der Waals surface area (Å²) < 4.78 is 0. The second kappa shape index (κ2) is 4.63. The van der Waals surface area contributed by atoms with Crippen molar-refractivity contribution in [2.45, 2.75) is 32.4 Å². The SMILES string of the molecule is CC(O)CC(C)Nc1nc2ccc(N)cc2[nH]1. The van der Waals surface area contributed by atoms with E-state index in [1.807, 2.05) is 25.1 Å². The highest BCUT2D eigenvalue weighted by atomic mass is 16.3. The first-order valence-electron chi connectivity index (χ1n) is 5.74. The number of rotatable bonds is 4. The van der Waals surface area contributed by atoms with Crippen LogP contribution in [0.5, 0.6) is 0 Å². The summed E-state index contributed by atoms with van der Waals surface area (Å²) in [4.78, 5) is 7.55. The van der Waals surface area contributed by atoms with Gasteiger partial charge in [-0.15, -0.1) is 0 Å². The quantitative estimate of drug-likeness (QED) is 0.607. The highest BCUT2D eigenvalue weighted by Gasteiger charge is 2.08. The molecule has 92 valence electrons. The van der Waals surface area contributed by atoms with Crippen molar-refractivity contribution >= 4 is 22.7 Å². The molecule has 5 nitrogen and oxygen atoms in total. The van der Waals surface area contributed by atoms with Crippen LogP contribution in [-0.2, 0) is 0 Å². The summed E-state index contributed by atoms with van der Waals surface area (Å²) in [7, 11) is 0. The number of fused-ring (bicyclic) bond motifs is 1. The third kappa shape index (κ3) is 2.88. The molecule has 0 fully saturated rings. The fraction of sp³-hybridized carbons (Fsp3) is 0.417. The normalized spacial score (nSPS) is 14.8. The van der Waals surface area contributed by atoms with Gasteiger partial charge in [0, 0.05) is 11.7 Å². The molecule has 2 aromatic rings. The zero-order valence-corrected chi connectivity index (χ0v) is 10.1. The Morgan fingerprint density at radius 2 is 2.24 bits per heavy atom. The van der Waals surface area contributed by atoms with Gasteiger partial charge < -0.3 is 21.1 Å². The van der Waals surface area contributed by atoms with Crippen LogP contribution in [0.3, 0.4) is 0 Å². The molecule has 5 N–H and O–H groups in total. The molecule has 1 aromatic carbocycles. The molecule has 0 bridgehead atoms. The Kier molecular flexibility index (Phi) is 3.19. The van der Waals surface area contributed by atoms with Gasteiger partial charge in [0.05, 0.1) is 17.1 Å². The molecule has 0 amide bonds. The van der Waals surface area contributed by atoms with Crippen LogP contribution >= 0.6 is 0 Å². The molecule has 2 rings (SSSR count). The van der Waals surface area contributed by atoms with Gasteiger partial charge in [-0.25, -0.2) is 4.98 Å². The highest BCUT2D eigenvalue weighted by molar-refractivity contribution is 5.80. The van der Waals surface area contributed by atoms with Gasteiger partial charge >= 0.3 is 0 Å². The topological polar surface area (TPSA) is 87.0 Å². The number of benzene rings is 1. The van der Waals surface area contributed by atoms with Gasteiger partial charge in [-0.05, 0) is 38.5 Å². The zero-order valence-electron chi connectivity index (χ0n) is 10.1. The van der Waals surface area contributed by atoms with Crippen molar-refractivity contribution in [3.05, 3.63) is 18.2 Å². The third-order valence-corrected chi connectivity index (χ3v) is 2.58. The summed E-state index contributed by atoms with van der Waals surface area (Å²) in [5.41, 5.74) is 8.21. The van der Waals surface area contributed by atoms with Crippen LogP contribution in [0.1, 0.15) is 20.3 Å². The van der Waals surface area contributed by atoms with Crippen LogP contribution in [-0.4, -0.2) is 27.2 Å². The van der Waals surface area contributed by atoms with Crippen molar-refractivity contribution in [2.75, 3.05) is 11.1 Å². The van der Waals surface area contributed by atoms with Gasteiger partial charge in [0.1, 0.15) is 0 Å². The number of nitrogens with one attached hydrogen (secondary N) is 2. The standard InChI is InChI=1S/C12H18N4O/c1-7(5-8(2)17)14-12-15-10-4-3-9(13)6-11(10)16-12/h3-4,6-8,17H,5,13H2,1-2H3,(H2,14,15,16). The van der Waals surface area contributed by atoms with Crippen LogP contribution in [0.15, 0.2) is 18.2 Å². The number of nitrogens with two attached hydrogens (primary N) is 1. The number of imidazole rings is 1. The summed E-state index contributed by atoms with van der Waals surface area (Å²) in [6.45, 7) is 3.78. The minimum Gasteiger partial charge on any atom is -0.399 e. The molecule has 1 heterocycles. The van der Waals surface area contributed by atoms with Gasteiger partial charge in [0.15, 0.2) is 0 Å². The monoisotopic (exact) mass is 234 g/mol. The lowest BCUT2D eigenvalue weighted by Crippen LogP contribution is -2.21. The van der Waals surface area contributed by atoms with Crippen molar-refractivity contribution < 1.29 is 5.11 Å². The van der Waals surface area contributed by atoms with Gasteiger partial charge in [-0.3, -0.25) is 0 Å². The van der Waals surface area contributed by atoms with Gasteiger partial charge in [0.2, 0.25) is 5.95 Å². The molecule has 0 aliphatic carbocycles. The van der Waals surface area contributed by atoms with Crippen molar-refractivity contribution in [1.29, 1.82) is 0 Å². The van der Waals surface area contributed by atoms with E-state index in [2.05, 4.69) is 15.3 Å². The maximum Gasteiger partial charge on any atom is 0.201 e. The number of hydrogen-bond donors (Lipinski definition) is 4. The molecule has 0 radical (unpaired) electrons. The molecular weight excluding hydrogens is 216 g/mol. The van der Waals surface area contributed by atoms with E-state index in [9.17, 15) is 5.11 Å². The lowest BCUT2D eigenvalue weighted by molar-refractivity contribution is 0.179. The Bertz CT molecular complexity index is 506. The number of aliphatic hydroxyl groups is 1. The number of hydrogen-bond acceptors (Lipinski definition) is 4. The lowest BCUT2D eigenvalue weighted by atomic mass is 10.2.